The molecule has 1 fully saturated rings. The number of nitrogens with zero attached hydrogens (tertiary/aromatic N) is 1. The standard InChI is InChI=1S/C28H43N5O5.2C3H8/c1-17(2)15-20(22(34)24(29)35)31-25(36)21-13-10-14-33(21)26(37)23(28(4,5)6)32-27(38)30-18(3)16-19-11-8-7-9-12-19;2*1-3-2/h7-9,11-12,17-18,20-21,23H,10,13-16H2,1-6H3,(H2,29,35)(H,31,36)(H2,30,32,38);2*3H2,1-2H3/t18?,20?,21-,23?;;/m0../s1. The highest BCUT2D eigenvalue weighted by molar-refractivity contribution is 6.37. The third-order valence-corrected chi connectivity index (χ3v) is 6.57. The lowest BCUT2D eigenvalue weighted by Gasteiger charge is -2.36. The van der Waals surface area contributed by atoms with Gasteiger partial charge < -0.3 is 26.6 Å². The Morgan fingerprint density at radius 3 is 1.93 bits per heavy atom. The van der Waals surface area contributed by atoms with E-state index in [-0.39, 0.29) is 24.3 Å². The summed E-state index contributed by atoms with van der Waals surface area (Å²) in [5.74, 6) is -2.83. The molecule has 1 saturated heterocycles. The third kappa shape index (κ3) is 14.8. The van der Waals surface area contributed by atoms with Crippen LogP contribution in [0, 0.1) is 11.3 Å². The zero-order valence-electron chi connectivity index (χ0n) is 28.8. The normalized spacial score (nSPS) is 16.2. The number of nitrogens with one attached hydrogen (secondary N) is 3. The number of hydrogen-bond acceptors (Lipinski definition) is 5. The molecule has 0 aromatic heterocycles. The Hall–Kier alpha value is -3.43. The number of nitrogens with two attached hydrogens (primary N) is 1. The summed E-state index contributed by atoms with van der Waals surface area (Å²) in [6, 6.07) is 6.39. The highest BCUT2D eigenvalue weighted by Gasteiger charge is 2.42. The van der Waals surface area contributed by atoms with E-state index in [1.807, 2.05) is 71.9 Å². The first-order valence-corrected chi connectivity index (χ1v) is 16.1. The second-order valence-electron chi connectivity index (χ2n) is 13.0. The lowest BCUT2D eigenvalue weighted by atomic mass is 9.85. The molecule has 1 aliphatic rings. The second-order valence-corrected chi connectivity index (χ2v) is 13.0. The number of hydrogen-bond donors (Lipinski definition) is 4. The first kappa shape index (κ1) is 40.6. The highest BCUT2D eigenvalue weighted by atomic mass is 16.2. The first-order chi connectivity index (χ1) is 20.5. The number of amides is 5. The van der Waals surface area contributed by atoms with Gasteiger partial charge in [-0.05, 0) is 49.5 Å². The Bertz CT molecular complexity index is 1040. The smallest absolute Gasteiger partial charge is 0.315 e. The van der Waals surface area contributed by atoms with E-state index in [1.165, 1.54) is 17.7 Å². The molecule has 0 bridgehead atoms. The van der Waals surface area contributed by atoms with Crippen molar-refractivity contribution in [1.82, 2.24) is 20.9 Å². The molecule has 10 heteroatoms. The predicted octanol–water partition coefficient (Wildman–Crippen LogP) is 4.74. The van der Waals surface area contributed by atoms with E-state index in [2.05, 4.69) is 43.6 Å². The van der Waals surface area contributed by atoms with Crippen LogP contribution in [0.2, 0.25) is 0 Å². The van der Waals surface area contributed by atoms with Crippen LogP contribution >= 0.6 is 0 Å². The maximum Gasteiger partial charge on any atom is 0.315 e. The number of carbonyl (C=O) groups is 5. The fourth-order valence-electron chi connectivity index (χ4n) is 4.68. The topological polar surface area (TPSA) is 151 Å². The van der Waals surface area contributed by atoms with E-state index in [1.54, 1.807) is 0 Å². The van der Waals surface area contributed by atoms with E-state index in [0.29, 0.717) is 25.8 Å². The Balaban J connectivity index is 0.00000284. The van der Waals surface area contributed by atoms with Crippen molar-refractivity contribution in [3.05, 3.63) is 35.9 Å². The van der Waals surface area contributed by atoms with E-state index in [9.17, 15) is 24.0 Å². The molecule has 44 heavy (non-hydrogen) atoms. The van der Waals surface area contributed by atoms with Gasteiger partial charge in [0.05, 0.1) is 6.04 Å². The number of benzene rings is 1. The molecule has 1 aromatic rings. The molecule has 0 spiro atoms. The summed E-state index contributed by atoms with van der Waals surface area (Å²) < 4.78 is 0. The number of ketones is 1. The Kier molecular flexibility index (Phi) is 18.9. The summed E-state index contributed by atoms with van der Waals surface area (Å²) >= 11 is 0. The van der Waals surface area contributed by atoms with Crippen LogP contribution in [-0.4, -0.2) is 65.1 Å². The maximum atomic E-state index is 13.7. The van der Waals surface area contributed by atoms with Gasteiger partial charge in [0.2, 0.25) is 17.6 Å². The number of Topliss-reactive ketones (excluding diaryl/α,β-unsaturated/α-hetero) is 1. The van der Waals surface area contributed by atoms with Crippen molar-refractivity contribution in [2.45, 2.75) is 132 Å². The van der Waals surface area contributed by atoms with E-state index >= 15 is 0 Å². The van der Waals surface area contributed by atoms with E-state index in [0.717, 1.165) is 5.56 Å². The fourth-order valence-corrected chi connectivity index (χ4v) is 4.68. The minimum absolute atomic E-state index is 0.0298. The lowest BCUT2D eigenvalue weighted by Crippen LogP contribution is -2.60. The summed E-state index contributed by atoms with van der Waals surface area (Å²) in [6.45, 7) is 20.0. The number of carbonyl (C=O) groups excluding carboxylic acids is 5. The molecule has 0 radical (unpaired) electrons. The van der Waals surface area contributed by atoms with Crippen LogP contribution in [0.4, 0.5) is 4.79 Å². The van der Waals surface area contributed by atoms with Crippen LogP contribution in [0.15, 0.2) is 30.3 Å². The number of likely N-dealkylation sites (tertiary alicyclic amines) is 1. The van der Waals surface area contributed by atoms with Crippen molar-refractivity contribution >= 4 is 29.5 Å². The van der Waals surface area contributed by atoms with Crippen molar-refractivity contribution < 1.29 is 24.0 Å². The third-order valence-electron chi connectivity index (χ3n) is 6.57. The van der Waals surface area contributed by atoms with Gasteiger partial charge in [0.25, 0.3) is 5.91 Å². The molecule has 1 aromatic carbocycles. The summed E-state index contributed by atoms with van der Waals surface area (Å²) in [5, 5.41) is 8.36. The molecule has 5 N–H and O–H groups in total. The van der Waals surface area contributed by atoms with Gasteiger partial charge in [0, 0.05) is 12.6 Å². The maximum absolute atomic E-state index is 13.7. The molecule has 1 aliphatic heterocycles. The van der Waals surface area contributed by atoms with Gasteiger partial charge in [-0.1, -0.05) is 105 Å². The van der Waals surface area contributed by atoms with Gasteiger partial charge >= 0.3 is 6.03 Å². The quantitative estimate of drug-likeness (QED) is 0.265. The van der Waals surface area contributed by atoms with Gasteiger partial charge in [-0.15, -0.1) is 0 Å². The molecule has 0 saturated carbocycles. The molecule has 250 valence electrons. The second kappa shape index (κ2) is 20.5. The molecular formula is C34H59N5O5. The summed E-state index contributed by atoms with van der Waals surface area (Å²) in [6.07, 6.45) is 4.40. The van der Waals surface area contributed by atoms with Gasteiger partial charge in [-0.3, -0.25) is 19.2 Å². The van der Waals surface area contributed by atoms with Crippen LogP contribution in [0.25, 0.3) is 0 Å². The zero-order chi connectivity index (χ0) is 34.0. The number of urea groups is 1. The molecule has 4 atom stereocenters. The molecular weight excluding hydrogens is 558 g/mol. The predicted molar refractivity (Wildman–Crippen MR) is 177 cm³/mol. The van der Waals surface area contributed by atoms with Crippen molar-refractivity contribution in [3.63, 3.8) is 0 Å². The average molecular weight is 618 g/mol. The first-order valence-electron chi connectivity index (χ1n) is 16.1. The van der Waals surface area contributed by atoms with E-state index < -0.39 is 47.2 Å². The van der Waals surface area contributed by atoms with Crippen molar-refractivity contribution in [3.8, 4) is 0 Å². The Morgan fingerprint density at radius 2 is 1.45 bits per heavy atom. The van der Waals surface area contributed by atoms with E-state index in [4.69, 9.17) is 5.73 Å². The van der Waals surface area contributed by atoms with Gasteiger partial charge in [-0.2, -0.15) is 0 Å². The van der Waals surface area contributed by atoms with Crippen molar-refractivity contribution in [2.24, 2.45) is 17.1 Å². The van der Waals surface area contributed by atoms with Crippen molar-refractivity contribution in [2.75, 3.05) is 6.54 Å². The zero-order valence-corrected chi connectivity index (χ0v) is 28.8. The van der Waals surface area contributed by atoms with Crippen molar-refractivity contribution in [1.29, 1.82) is 0 Å². The molecule has 1 heterocycles. The van der Waals surface area contributed by atoms with Crippen LogP contribution in [0.5, 0.6) is 0 Å². The summed E-state index contributed by atoms with van der Waals surface area (Å²) in [4.78, 5) is 65.0. The lowest BCUT2D eigenvalue weighted by molar-refractivity contribution is -0.143. The van der Waals surface area contributed by atoms with Crippen LogP contribution < -0.4 is 21.7 Å². The SMILES string of the molecule is CC(C)CC(NC(=O)[C@@H]1CCCN1C(=O)C(NC(=O)NC(C)Cc1ccccc1)C(C)(C)C)C(=O)C(N)=O.CCC.CCC. The largest absolute Gasteiger partial charge is 0.363 e. The fraction of sp³-hybridized carbons (Fsp3) is 0.676. The van der Waals surface area contributed by atoms with Crippen LogP contribution in [-0.2, 0) is 25.6 Å². The molecule has 2 rings (SSSR count). The number of rotatable bonds is 11. The highest BCUT2D eigenvalue weighted by Crippen LogP contribution is 2.26. The Morgan fingerprint density at radius 1 is 0.909 bits per heavy atom. The van der Waals surface area contributed by atoms with Gasteiger partial charge in [0.1, 0.15) is 12.1 Å². The average Bonchev–Trinajstić information content (AvgIpc) is 3.41. The molecule has 10 nitrogen and oxygen atoms in total. The minimum atomic E-state index is -1.11. The van der Waals surface area contributed by atoms with Crippen LogP contribution in [0.1, 0.15) is 107 Å². The Labute approximate surface area is 265 Å². The molecule has 3 unspecified atom stereocenters. The minimum Gasteiger partial charge on any atom is -0.363 e. The molecule has 0 aliphatic carbocycles. The summed E-state index contributed by atoms with van der Waals surface area (Å²) in [7, 11) is 0. The monoisotopic (exact) mass is 617 g/mol. The van der Waals surface area contributed by atoms with Gasteiger partial charge in [0.15, 0.2) is 0 Å². The number of primary amides is 1. The molecule has 5 amide bonds. The summed E-state index contributed by atoms with van der Waals surface area (Å²) in [5.41, 5.74) is 5.63. The van der Waals surface area contributed by atoms with Crippen LogP contribution in [0.3, 0.4) is 0 Å². The van der Waals surface area contributed by atoms with Gasteiger partial charge in [-0.25, -0.2) is 4.79 Å².